The summed E-state index contributed by atoms with van der Waals surface area (Å²) in [6.07, 6.45) is 28.7. The van der Waals surface area contributed by atoms with Crippen molar-refractivity contribution in [3.8, 4) is 0 Å². The summed E-state index contributed by atoms with van der Waals surface area (Å²) in [6, 6.07) is 0. The molecule has 0 amide bonds. The first kappa shape index (κ1) is 37.0. The van der Waals surface area contributed by atoms with Gasteiger partial charge in [0.05, 0.1) is 0 Å². The second-order valence-electron chi connectivity index (χ2n) is 10.5. The highest BCUT2D eigenvalue weighted by Crippen LogP contribution is 2.15. The molecule has 0 unspecified atom stereocenters. The lowest BCUT2D eigenvalue weighted by atomic mass is 10.0. The van der Waals surface area contributed by atoms with Crippen LogP contribution < -0.4 is 0 Å². The summed E-state index contributed by atoms with van der Waals surface area (Å²) in [4.78, 5) is 20.8. The van der Waals surface area contributed by atoms with Gasteiger partial charge in [0.25, 0.3) is 0 Å². The van der Waals surface area contributed by atoms with E-state index in [2.05, 4.69) is 0 Å². The molecule has 6 nitrogen and oxygen atoms in total. The van der Waals surface area contributed by atoms with Crippen LogP contribution in [0.3, 0.4) is 0 Å². The van der Waals surface area contributed by atoms with Crippen LogP contribution in [0.2, 0.25) is 0 Å². The fourth-order valence-electron chi connectivity index (χ4n) is 4.15. The Labute approximate surface area is 222 Å². The number of carboxylic acid groups (broad SMARTS) is 2. The molecule has 0 aliphatic heterocycles. The molecule has 36 heavy (non-hydrogen) atoms. The maximum atomic E-state index is 10.4. The van der Waals surface area contributed by atoms with Gasteiger partial charge in [-0.25, -0.2) is 0 Å². The van der Waals surface area contributed by atoms with Crippen molar-refractivity contribution in [3.05, 3.63) is 0 Å². The summed E-state index contributed by atoms with van der Waals surface area (Å²) < 4.78 is 0. The number of unbranched alkanes of at least 4 members (excludes halogenated alkanes) is 21. The molecule has 0 atom stereocenters. The van der Waals surface area contributed by atoms with E-state index in [9.17, 15) is 9.59 Å². The number of carbonyl (C=O) groups is 2. The van der Waals surface area contributed by atoms with Crippen LogP contribution >= 0.6 is 0 Å². The molecule has 4 N–H and O–H groups in total. The quantitative estimate of drug-likeness (QED) is 0.0819. The summed E-state index contributed by atoms with van der Waals surface area (Å²) in [6.45, 7) is 1.94. The Hall–Kier alpha value is -1.14. The highest BCUT2D eigenvalue weighted by Gasteiger charge is 1.98. The van der Waals surface area contributed by atoms with Gasteiger partial charge in [0.15, 0.2) is 0 Å². The molecule has 0 spiro atoms. The van der Waals surface area contributed by atoms with E-state index in [0.717, 1.165) is 25.7 Å². The largest absolute Gasteiger partial charge is 0.481 e. The van der Waals surface area contributed by atoms with E-state index in [0.29, 0.717) is 12.8 Å². The zero-order valence-corrected chi connectivity index (χ0v) is 23.6. The molecule has 0 bridgehead atoms. The van der Waals surface area contributed by atoms with Crippen molar-refractivity contribution in [1.29, 1.82) is 0 Å². The number of aliphatic hydroxyl groups is 2. The lowest BCUT2D eigenvalue weighted by molar-refractivity contribution is -0.138. The van der Waals surface area contributed by atoms with Gasteiger partial charge in [0.2, 0.25) is 0 Å². The van der Waals surface area contributed by atoms with Crippen LogP contribution in [-0.4, -0.2) is 45.6 Å². The van der Waals surface area contributed by atoms with Gasteiger partial charge in [-0.15, -0.1) is 0 Å². The third-order valence-electron chi connectivity index (χ3n) is 6.65. The van der Waals surface area contributed by atoms with E-state index < -0.39 is 11.9 Å². The molecular weight excluding hydrogens is 456 g/mol. The molecule has 0 aliphatic carbocycles. The zero-order chi connectivity index (χ0) is 27.1. The number of rotatable bonds is 27. The predicted molar refractivity (Wildman–Crippen MR) is 149 cm³/mol. The molecule has 0 aromatic rings. The average molecular weight is 517 g/mol. The summed E-state index contributed by atoms with van der Waals surface area (Å²) >= 11 is 0. The van der Waals surface area contributed by atoms with E-state index >= 15 is 0 Å². The van der Waals surface area contributed by atoms with Gasteiger partial charge < -0.3 is 20.4 Å². The SMILES string of the molecule is CC(CO)CO.O=C(O)CCCCCCCCCCCCCCCCCCCCCCCCC(=O)O. The van der Waals surface area contributed by atoms with Crippen LogP contribution in [0.25, 0.3) is 0 Å². The van der Waals surface area contributed by atoms with Crippen LogP contribution in [0.5, 0.6) is 0 Å². The highest BCUT2D eigenvalue weighted by molar-refractivity contribution is 5.66. The van der Waals surface area contributed by atoms with Crippen molar-refractivity contribution in [3.63, 3.8) is 0 Å². The molecular formula is C30H60O6. The first-order valence-corrected chi connectivity index (χ1v) is 15.1. The maximum absolute atomic E-state index is 10.4. The number of hydrogen-bond acceptors (Lipinski definition) is 4. The standard InChI is InChI=1S/C26H50O4.C4H10O2/c27-25(28)23-21-19-17-15-13-11-9-7-5-3-1-2-4-6-8-10-12-14-16-18-20-22-24-26(29)30;1-4(2-5)3-6/h1-24H2,(H,27,28)(H,29,30);4-6H,2-3H2,1H3. The van der Waals surface area contributed by atoms with E-state index in [1.807, 2.05) is 0 Å². The van der Waals surface area contributed by atoms with Gasteiger partial charge >= 0.3 is 11.9 Å². The van der Waals surface area contributed by atoms with Crippen LogP contribution in [0.15, 0.2) is 0 Å². The number of aliphatic carboxylic acids is 2. The number of aliphatic hydroxyl groups excluding tert-OH is 2. The Bertz CT molecular complexity index is 415. The number of hydrogen-bond donors (Lipinski definition) is 4. The Balaban J connectivity index is 0. The summed E-state index contributed by atoms with van der Waals surface area (Å²) in [5.41, 5.74) is 0. The van der Waals surface area contributed by atoms with E-state index in [1.54, 1.807) is 6.92 Å². The van der Waals surface area contributed by atoms with Crippen molar-refractivity contribution in [1.82, 2.24) is 0 Å². The van der Waals surface area contributed by atoms with Gasteiger partial charge in [0, 0.05) is 32.0 Å². The van der Waals surface area contributed by atoms with Crippen molar-refractivity contribution in [2.24, 2.45) is 5.92 Å². The smallest absolute Gasteiger partial charge is 0.303 e. The van der Waals surface area contributed by atoms with Crippen LogP contribution in [0.1, 0.15) is 161 Å². The molecule has 0 heterocycles. The highest BCUT2D eigenvalue weighted by atomic mass is 16.4. The summed E-state index contributed by atoms with van der Waals surface area (Å²) in [5.74, 6) is -1.28. The molecule has 0 saturated carbocycles. The fourth-order valence-corrected chi connectivity index (χ4v) is 4.15. The van der Waals surface area contributed by atoms with Crippen LogP contribution in [0.4, 0.5) is 0 Å². The number of carboxylic acids is 2. The van der Waals surface area contributed by atoms with Gasteiger partial charge in [-0.1, -0.05) is 135 Å². The Morgan fingerprint density at radius 1 is 0.417 bits per heavy atom. The van der Waals surface area contributed by atoms with Crippen LogP contribution in [-0.2, 0) is 9.59 Å². The van der Waals surface area contributed by atoms with Gasteiger partial charge in [-0.2, -0.15) is 0 Å². The average Bonchev–Trinajstić information content (AvgIpc) is 2.86. The first-order valence-electron chi connectivity index (χ1n) is 15.1. The lowest BCUT2D eigenvalue weighted by Gasteiger charge is -2.04. The normalized spacial score (nSPS) is 10.9. The molecule has 0 fully saturated rings. The molecule has 0 saturated heterocycles. The second-order valence-corrected chi connectivity index (χ2v) is 10.5. The minimum Gasteiger partial charge on any atom is -0.481 e. The van der Waals surface area contributed by atoms with Gasteiger partial charge in [0.1, 0.15) is 0 Å². The first-order chi connectivity index (χ1) is 17.4. The van der Waals surface area contributed by atoms with E-state index in [1.165, 1.54) is 116 Å². The van der Waals surface area contributed by atoms with Crippen molar-refractivity contribution in [2.45, 2.75) is 161 Å². The summed E-state index contributed by atoms with van der Waals surface area (Å²) in [7, 11) is 0. The Morgan fingerprint density at radius 3 is 0.694 bits per heavy atom. The summed E-state index contributed by atoms with van der Waals surface area (Å²) in [5, 5.41) is 33.5. The van der Waals surface area contributed by atoms with Gasteiger partial charge in [-0.3, -0.25) is 9.59 Å². The topological polar surface area (TPSA) is 115 Å². The second kappa shape index (κ2) is 31.9. The van der Waals surface area contributed by atoms with Crippen molar-refractivity contribution >= 4 is 11.9 Å². The Kier molecular flexibility index (Phi) is 32.8. The third-order valence-corrected chi connectivity index (χ3v) is 6.65. The van der Waals surface area contributed by atoms with E-state index in [4.69, 9.17) is 20.4 Å². The third kappa shape index (κ3) is 37.4. The molecule has 0 rings (SSSR count). The van der Waals surface area contributed by atoms with Gasteiger partial charge in [-0.05, 0) is 12.8 Å². The van der Waals surface area contributed by atoms with Crippen LogP contribution in [0, 0.1) is 5.92 Å². The van der Waals surface area contributed by atoms with E-state index in [-0.39, 0.29) is 19.1 Å². The monoisotopic (exact) mass is 516 g/mol. The fraction of sp³-hybridized carbons (Fsp3) is 0.933. The molecule has 0 radical (unpaired) electrons. The molecule has 0 aromatic heterocycles. The molecule has 0 aromatic carbocycles. The maximum Gasteiger partial charge on any atom is 0.303 e. The molecule has 216 valence electrons. The predicted octanol–water partition coefficient (Wildman–Crippen LogP) is 8.13. The van der Waals surface area contributed by atoms with Crippen molar-refractivity contribution < 1.29 is 30.0 Å². The minimum atomic E-state index is -0.662. The molecule has 0 aliphatic rings. The minimum absolute atomic E-state index is 0.0463. The Morgan fingerprint density at radius 2 is 0.583 bits per heavy atom. The molecule has 6 heteroatoms. The lowest BCUT2D eigenvalue weighted by Crippen LogP contribution is -2.04. The zero-order valence-electron chi connectivity index (χ0n) is 23.6. The van der Waals surface area contributed by atoms with Crippen molar-refractivity contribution in [2.75, 3.05) is 13.2 Å².